The van der Waals surface area contributed by atoms with Gasteiger partial charge < -0.3 is 19.4 Å². The van der Waals surface area contributed by atoms with E-state index in [1.54, 1.807) is 11.1 Å². The summed E-state index contributed by atoms with van der Waals surface area (Å²) >= 11 is 0. The van der Waals surface area contributed by atoms with Crippen LogP contribution in [-0.4, -0.2) is 60.7 Å². The summed E-state index contributed by atoms with van der Waals surface area (Å²) < 4.78 is 5.08. The minimum absolute atomic E-state index is 0.0746. The van der Waals surface area contributed by atoms with Crippen LogP contribution < -0.4 is 9.80 Å². The molecule has 0 N–H and O–H groups in total. The number of aromatic nitrogens is 1. The summed E-state index contributed by atoms with van der Waals surface area (Å²) in [5.74, 6) is -0.0746. The lowest BCUT2D eigenvalue weighted by molar-refractivity contribution is 0.0976. The standard InChI is InChI=1S/C22H26N4O3/c1-3-29-22(28)25-12-10-24(11-13-25)18-8-9-23-19(15-18)21(27)26-16(2)14-17-6-4-5-7-20(17)26/h4-9,15-16H,3,10-14H2,1-2H3. The van der Waals surface area contributed by atoms with Gasteiger partial charge in [0.2, 0.25) is 0 Å². The number of hydrogen-bond donors (Lipinski definition) is 0. The molecule has 4 rings (SSSR count). The van der Waals surface area contributed by atoms with E-state index in [9.17, 15) is 9.59 Å². The van der Waals surface area contributed by atoms with E-state index in [0.717, 1.165) is 17.8 Å². The number of hydrogen-bond acceptors (Lipinski definition) is 5. The van der Waals surface area contributed by atoms with Gasteiger partial charge in [-0.3, -0.25) is 9.78 Å². The fourth-order valence-corrected chi connectivity index (χ4v) is 4.09. The zero-order valence-corrected chi connectivity index (χ0v) is 16.9. The highest BCUT2D eigenvalue weighted by atomic mass is 16.6. The summed E-state index contributed by atoms with van der Waals surface area (Å²) in [6, 6.07) is 11.9. The fraction of sp³-hybridized carbons (Fsp3) is 0.409. The Morgan fingerprint density at radius 3 is 2.66 bits per heavy atom. The van der Waals surface area contributed by atoms with Crippen molar-refractivity contribution in [1.82, 2.24) is 9.88 Å². The van der Waals surface area contributed by atoms with Crippen molar-refractivity contribution in [2.24, 2.45) is 0 Å². The highest BCUT2D eigenvalue weighted by molar-refractivity contribution is 6.07. The topological polar surface area (TPSA) is 66.0 Å². The summed E-state index contributed by atoms with van der Waals surface area (Å²) in [4.78, 5) is 35.2. The van der Waals surface area contributed by atoms with Crippen molar-refractivity contribution in [3.63, 3.8) is 0 Å². The number of ether oxygens (including phenoxy) is 1. The lowest BCUT2D eigenvalue weighted by Crippen LogP contribution is -2.49. The number of amides is 2. The van der Waals surface area contributed by atoms with Crippen LogP contribution >= 0.6 is 0 Å². The van der Waals surface area contributed by atoms with Gasteiger partial charge in [-0.25, -0.2) is 4.79 Å². The molecule has 3 heterocycles. The Kier molecular flexibility index (Phi) is 5.38. The van der Waals surface area contributed by atoms with Gasteiger partial charge >= 0.3 is 6.09 Å². The SMILES string of the molecule is CCOC(=O)N1CCN(c2ccnc(C(=O)N3c4ccccc4CC3C)c2)CC1. The molecule has 1 aromatic carbocycles. The van der Waals surface area contributed by atoms with Crippen molar-refractivity contribution in [1.29, 1.82) is 0 Å². The number of nitrogens with zero attached hydrogens (tertiary/aromatic N) is 4. The maximum absolute atomic E-state index is 13.2. The van der Waals surface area contributed by atoms with Gasteiger partial charge in [0.25, 0.3) is 5.91 Å². The molecule has 2 aromatic rings. The molecule has 7 heteroatoms. The third kappa shape index (κ3) is 3.77. The highest BCUT2D eigenvalue weighted by Gasteiger charge is 2.32. The van der Waals surface area contributed by atoms with Crippen LogP contribution in [0.5, 0.6) is 0 Å². The number of para-hydroxylation sites is 1. The zero-order chi connectivity index (χ0) is 20.4. The summed E-state index contributed by atoms with van der Waals surface area (Å²) in [5, 5.41) is 0. The summed E-state index contributed by atoms with van der Waals surface area (Å²) in [5.41, 5.74) is 3.56. The van der Waals surface area contributed by atoms with Crippen LogP contribution in [0.1, 0.15) is 29.9 Å². The van der Waals surface area contributed by atoms with E-state index in [2.05, 4.69) is 22.9 Å². The number of carbonyl (C=O) groups excluding carboxylic acids is 2. The molecule has 1 unspecified atom stereocenters. The van der Waals surface area contributed by atoms with Crippen LogP contribution in [0.2, 0.25) is 0 Å². The second-order valence-electron chi connectivity index (χ2n) is 7.43. The Balaban J connectivity index is 1.49. The number of anilines is 2. The number of fused-ring (bicyclic) bond motifs is 1. The molecule has 0 aliphatic carbocycles. The van der Waals surface area contributed by atoms with Crippen LogP contribution in [0, 0.1) is 0 Å². The van der Waals surface area contributed by atoms with Crippen molar-refractivity contribution in [2.45, 2.75) is 26.3 Å². The van der Waals surface area contributed by atoms with Crippen molar-refractivity contribution in [2.75, 3.05) is 42.6 Å². The Bertz CT molecular complexity index is 908. The molecule has 1 fully saturated rings. The van der Waals surface area contributed by atoms with E-state index in [4.69, 9.17) is 4.74 Å². The molecule has 0 spiro atoms. The summed E-state index contributed by atoms with van der Waals surface area (Å²) in [6.45, 7) is 6.84. The van der Waals surface area contributed by atoms with Gasteiger partial charge in [0.05, 0.1) is 6.61 Å². The van der Waals surface area contributed by atoms with Crippen LogP contribution in [0.4, 0.5) is 16.2 Å². The van der Waals surface area contributed by atoms with Gasteiger partial charge in [0.15, 0.2) is 0 Å². The summed E-state index contributed by atoms with van der Waals surface area (Å²) in [6.07, 6.45) is 2.28. The molecule has 2 aliphatic heterocycles. The predicted molar refractivity (Wildman–Crippen MR) is 111 cm³/mol. The lowest BCUT2D eigenvalue weighted by Gasteiger charge is -2.35. The number of pyridine rings is 1. The minimum Gasteiger partial charge on any atom is -0.450 e. The molecule has 7 nitrogen and oxygen atoms in total. The second-order valence-corrected chi connectivity index (χ2v) is 7.43. The normalized spacial score (nSPS) is 18.6. The van der Waals surface area contributed by atoms with Gasteiger partial charge in [-0.1, -0.05) is 18.2 Å². The average Bonchev–Trinajstić information content (AvgIpc) is 3.09. The quantitative estimate of drug-likeness (QED) is 0.801. The first-order valence-corrected chi connectivity index (χ1v) is 10.1. The maximum atomic E-state index is 13.2. The van der Waals surface area contributed by atoms with Crippen LogP contribution in [0.3, 0.4) is 0 Å². The molecule has 1 aromatic heterocycles. The third-order valence-corrected chi connectivity index (χ3v) is 5.56. The number of carbonyl (C=O) groups is 2. The molecule has 0 bridgehead atoms. The van der Waals surface area contributed by atoms with E-state index in [-0.39, 0.29) is 18.0 Å². The van der Waals surface area contributed by atoms with Gasteiger partial charge in [0.1, 0.15) is 5.69 Å². The minimum atomic E-state index is -0.264. The monoisotopic (exact) mass is 394 g/mol. The van der Waals surface area contributed by atoms with E-state index in [1.807, 2.05) is 42.2 Å². The molecule has 2 amide bonds. The van der Waals surface area contributed by atoms with E-state index >= 15 is 0 Å². The van der Waals surface area contributed by atoms with Crippen LogP contribution in [0.25, 0.3) is 0 Å². The first kappa shape index (κ1) is 19.2. The highest BCUT2D eigenvalue weighted by Crippen LogP contribution is 2.33. The largest absolute Gasteiger partial charge is 0.450 e. The first-order chi connectivity index (χ1) is 14.1. The second kappa shape index (κ2) is 8.11. The predicted octanol–water partition coefficient (Wildman–Crippen LogP) is 2.95. The number of rotatable bonds is 3. The molecular formula is C22H26N4O3. The van der Waals surface area contributed by atoms with Gasteiger partial charge in [0, 0.05) is 49.8 Å². The number of piperazine rings is 1. The Labute approximate surface area is 170 Å². The van der Waals surface area contributed by atoms with Crippen molar-refractivity contribution >= 4 is 23.4 Å². The molecule has 152 valence electrons. The summed E-state index contributed by atoms with van der Waals surface area (Å²) in [7, 11) is 0. The van der Waals surface area contributed by atoms with Gasteiger partial charge in [-0.15, -0.1) is 0 Å². The molecular weight excluding hydrogens is 368 g/mol. The molecule has 1 saturated heterocycles. The van der Waals surface area contributed by atoms with Crippen molar-refractivity contribution < 1.29 is 14.3 Å². The smallest absolute Gasteiger partial charge is 0.409 e. The first-order valence-electron chi connectivity index (χ1n) is 10.1. The molecule has 0 saturated carbocycles. The van der Waals surface area contributed by atoms with Crippen molar-refractivity contribution in [3.05, 3.63) is 53.9 Å². The van der Waals surface area contributed by atoms with Crippen LogP contribution in [-0.2, 0) is 11.2 Å². The zero-order valence-electron chi connectivity index (χ0n) is 16.9. The maximum Gasteiger partial charge on any atom is 0.409 e. The lowest BCUT2D eigenvalue weighted by atomic mass is 10.1. The number of benzene rings is 1. The Morgan fingerprint density at radius 1 is 1.14 bits per heavy atom. The fourth-order valence-electron chi connectivity index (χ4n) is 4.09. The molecule has 2 aliphatic rings. The third-order valence-electron chi connectivity index (χ3n) is 5.56. The van der Waals surface area contributed by atoms with E-state index in [0.29, 0.717) is 38.5 Å². The molecule has 0 radical (unpaired) electrons. The van der Waals surface area contributed by atoms with Crippen molar-refractivity contribution in [3.8, 4) is 0 Å². The van der Waals surface area contributed by atoms with Crippen LogP contribution in [0.15, 0.2) is 42.6 Å². The van der Waals surface area contributed by atoms with Gasteiger partial charge in [-0.05, 0) is 44.0 Å². The van der Waals surface area contributed by atoms with Gasteiger partial charge in [-0.2, -0.15) is 0 Å². The average molecular weight is 394 g/mol. The Morgan fingerprint density at radius 2 is 1.90 bits per heavy atom. The molecule has 29 heavy (non-hydrogen) atoms. The Hall–Kier alpha value is -3.09. The van der Waals surface area contributed by atoms with E-state index in [1.165, 1.54) is 5.56 Å². The van der Waals surface area contributed by atoms with E-state index < -0.39 is 0 Å². The molecule has 1 atom stereocenters.